The van der Waals surface area contributed by atoms with Crippen molar-refractivity contribution in [3.63, 3.8) is 0 Å². The van der Waals surface area contributed by atoms with Gasteiger partial charge in [0.1, 0.15) is 0 Å². The summed E-state index contributed by atoms with van der Waals surface area (Å²) in [5.74, 6) is 0. The Morgan fingerprint density at radius 1 is 1.04 bits per heavy atom. The summed E-state index contributed by atoms with van der Waals surface area (Å²) in [7, 11) is 3.78. The van der Waals surface area contributed by atoms with Crippen molar-refractivity contribution < 1.29 is 4.18 Å². The first-order chi connectivity index (χ1) is 13.2. The number of anilines is 1. The minimum atomic E-state index is 0.601. The third kappa shape index (κ3) is 4.14. The molecule has 0 aliphatic carbocycles. The van der Waals surface area contributed by atoms with Gasteiger partial charge in [0.15, 0.2) is 5.13 Å². The number of likely N-dealkylation sites (N-methyl/N-ethyl adjacent to an activating group) is 1. The first-order valence-corrected chi connectivity index (χ1v) is 10.3. The van der Waals surface area contributed by atoms with Gasteiger partial charge < -0.3 is 14.0 Å². The van der Waals surface area contributed by atoms with Crippen molar-refractivity contribution in [1.29, 1.82) is 0 Å². The Labute approximate surface area is 167 Å². The minimum Gasteiger partial charge on any atom is -0.345 e. The molecule has 1 fully saturated rings. The van der Waals surface area contributed by atoms with Gasteiger partial charge in [0.25, 0.3) is 0 Å². The van der Waals surface area contributed by atoms with Gasteiger partial charge in [0.05, 0.1) is 35.4 Å². The number of hydrogen-bond acceptors (Lipinski definition) is 8. The molecular formula is C19H21N5OS2. The summed E-state index contributed by atoms with van der Waals surface area (Å²) in [6, 6.07) is 12.2. The van der Waals surface area contributed by atoms with Gasteiger partial charge in [-0.15, -0.1) is 0 Å². The summed E-state index contributed by atoms with van der Waals surface area (Å²) < 4.78 is 5.11. The van der Waals surface area contributed by atoms with Crippen molar-refractivity contribution in [2.24, 2.45) is 0 Å². The summed E-state index contributed by atoms with van der Waals surface area (Å²) in [5, 5.41) is 1.65. The molecule has 0 bridgehead atoms. The largest absolute Gasteiger partial charge is 0.345 e. The van der Waals surface area contributed by atoms with E-state index in [-0.39, 0.29) is 0 Å². The van der Waals surface area contributed by atoms with Gasteiger partial charge in [-0.3, -0.25) is 0 Å². The van der Waals surface area contributed by atoms with Crippen LogP contribution in [0.1, 0.15) is 0 Å². The van der Waals surface area contributed by atoms with E-state index in [1.165, 1.54) is 12.0 Å². The van der Waals surface area contributed by atoms with Crippen LogP contribution in [0.15, 0.2) is 47.8 Å². The molecule has 3 heterocycles. The molecule has 1 aliphatic heterocycles. The molecule has 0 atom stereocenters. The minimum absolute atomic E-state index is 0.601. The molecule has 0 saturated carbocycles. The Hall–Kier alpha value is -2.00. The van der Waals surface area contributed by atoms with Crippen LogP contribution in [0.5, 0.6) is 0 Å². The maximum atomic E-state index is 5.11. The second kappa shape index (κ2) is 8.35. The molecule has 1 aromatic carbocycles. The summed E-state index contributed by atoms with van der Waals surface area (Å²) >= 11 is 2.86. The van der Waals surface area contributed by atoms with Gasteiger partial charge in [0.2, 0.25) is 5.16 Å². The van der Waals surface area contributed by atoms with E-state index in [0.29, 0.717) is 5.16 Å². The van der Waals surface area contributed by atoms with Crippen LogP contribution in [-0.4, -0.2) is 60.2 Å². The van der Waals surface area contributed by atoms with Crippen molar-refractivity contribution in [2.75, 3.05) is 45.2 Å². The molecule has 4 rings (SSSR count). The Bertz CT molecular complexity index is 894. The maximum absolute atomic E-state index is 5.11. The SMILES string of the molecule is COSc1nccc(-c2sc(N3CCN(C)CC3)nc2-c2ccccc2)n1. The quantitative estimate of drug-likeness (QED) is 0.479. The molecule has 3 aromatic rings. The third-order valence-electron chi connectivity index (χ3n) is 4.46. The molecule has 140 valence electrons. The second-order valence-electron chi connectivity index (χ2n) is 6.30. The van der Waals surface area contributed by atoms with Gasteiger partial charge in [-0.2, -0.15) is 0 Å². The highest BCUT2D eigenvalue weighted by Crippen LogP contribution is 2.40. The molecule has 1 aliphatic rings. The predicted molar refractivity (Wildman–Crippen MR) is 111 cm³/mol. The molecule has 27 heavy (non-hydrogen) atoms. The monoisotopic (exact) mass is 399 g/mol. The van der Waals surface area contributed by atoms with E-state index in [0.717, 1.165) is 53.1 Å². The van der Waals surface area contributed by atoms with Crippen molar-refractivity contribution in [1.82, 2.24) is 19.9 Å². The lowest BCUT2D eigenvalue weighted by molar-refractivity contribution is 0.313. The number of thiazole rings is 1. The van der Waals surface area contributed by atoms with Crippen LogP contribution in [-0.2, 0) is 4.18 Å². The number of benzene rings is 1. The first kappa shape index (κ1) is 18.4. The second-order valence-corrected chi connectivity index (χ2v) is 8.15. The summed E-state index contributed by atoms with van der Waals surface area (Å²) in [4.78, 5) is 19.7. The van der Waals surface area contributed by atoms with Crippen LogP contribution in [0.3, 0.4) is 0 Å². The Morgan fingerprint density at radius 2 is 1.81 bits per heavy atom. The molecule has 8 heteroatoms. The molecule has 0 amide bonds. The topological polar surface area (TPSA) is 54.4 Å². The number of hydrogen-bond donors (Lipinski definition) is 0. The van der Waals surface area contributed by atoms with E-state index in [1.807, 2.05) is 24.3 Å². The lowest BCUT2D eigenvalue weighted by Crippen LogP contribution is -2.44. The van der Waals surface area contributed by atoms with Gasteiger partial charge in [0, 0.05) is 37.9 Å². The number of piperazine rings is 1. The van der Waals surface area contributed by atoms with Gasteiger partial charge >= 0.3 is 0 Å². The van der Waals surface area contributed by atoms with Crippen LogP contribution in [0.2, 0.25) is 0 Å². The van der Waals surface area contributed by atoms with E-state index in [2.05, 4.69) is 38.9 Å². The summed E-state index contributed by atoms with van der Waals surface area (Å²) in [6.45, 7) is 4.09. The van der Waals surface area contributed by atoms with E-state index < -0.39 is 0 Å². The summed E-state index contributed by atoms with van der Waals surface area (Å²) in [5.41, 5.74) is 2.95. The fourth-order valence-electron chi connectivity index (χ4n) is 2.99. The fourth-order valence-corrected chi connectivity index (χ4v) is 4.49. The lowest BCUT2D eigenvalue weighted by atomic mass is 10.1. The number of aromatic nitrogens is 3. The van der Waals surface area contributed by atoms with E-state index in [9.17, 15) is 0 Å². The zero-order chi connectivity index (χ0) is 18.6. The predicted octanol–water partition coefficient (Wildman–Crippen LogP) is 3.67. The molecule has 6 nitrogen and oxygen atoms in total. The van der Waals surface area contributed by atoms with Crippen LogP contribution in [0.25, 0.3) is 21.8 Å². The maximum Gasteiger partial charge on any atom is 0.215 e. The molecule has 2 aromatic heterocycles. The Kier molecular flexibility index (Phi) is 5.68. The highest BCUT2D eigenvalue weighted by molar-refractivity contribution is 7.94. The zero-order valence-corrected chi connectivity index (χ0v) is 17.0. The van der Waals surface area contributed by atoms with Crippen molar-refractivity contribution in [3.05, 3.63) is 42.6 Å². The van der Waals surface area contributed by atoms with Crippen molar-refractivity contribution in [2.45, 2.75) is 5.16 Å². The smallest absolute Gasteiger partial charge is 0.215 e. The van der Waals surface area contributed by atoms with Crippen molar-refractivity contribution in [3.8, 4) is 21.8 Å². The Morgan fingerprint density at radius 3 is 2.56 bits per heavy atom. The highest BCUT2D eigenvalue weighted by atomic mass is 32.2. The molecule has 0 radical (unpaired) electrons. The standard InChI is InChI=1S/C19H21N5OS2/c1-23-10-12-24(13-11-23)19-22-16(14-6-4-3-5-7-14)17(26-19)15-8-9-20-18(21-15)27-25-2/h3-9H,10-13H2,1-2H3. The average Bonchev–Trinajstić information content (AvgIpc) is 3.15. The molecule has 0 spiro atoms. The zero-order valence-electron chi connectivity index (χ0n) is 15.3. The van der Waals surface area contributed by atoms with Crippen LogP contribution >= 0.6 is 23.4 Å². The summed E-state index contributed by atoms with van der Waals surface area (Å²) in [6.07, 6.45) is 1.77. The van der Waals surface area contributed by atoms with Gasteiger partial charge in [-0.1, -0.05) is 41.7 Å². The van der Waals surface area contributed by atoms with Crippen LogP contribution < -0.4 is 4.90 Å². The molecule has 0 unspecified atom stereocenters. The van der Waals surface area contributed by atoms with Gasteiger partial charge in [-0.25, -0.2) is 15.0 Å². The molecule has 0 N–H and O–H groups in total. The van der Waals surface area contributed by atoms with E-state index >= 15 is 0 Å². The highest BCUT2D eigenvalue weighted by Gasteiger charge is 2.22. The first-order valence-electron chi connectivity index (χ1n) is 8.78. The van der Waals surface area contributed by atoms with Crippen LogP contribution in [0, 0.1) is 0 Å². The van der Waals surface area contributed by atoms with E-state index in [1.54, 1.807) is 24.6 Å². The normalized spacial score (nSPS) is 15.3. The lowest BCUT2D eigenvalue weighted by Gasteiger charge is -2.32. The van der Waals surface area contributed by atoms with Crippen LogP contribution in [0.4, 0.5) is 5.13 Å². The fraction of sp³-hybridized carbons (Fsp3) is 0.316. The number of nitrogens with zero attached hydrogens (tertiary/aromatic N) is 5. The van der Waals surface area contributed by atoms with Gasteiger partial charge in [-0.05, 0) is 13.1 Å². The molecule has 1 saturated heterocycles. The Balaban J connectivity index is 1.76. The van der Waals surface area contributed by atoms with Crippen molar-refractivity contribution >= 4 is 28.5 Å². The van der Waals surface area contributed by atoms with E-state index in [4.69, 9.17) is 9.17 Å². The number of rotatable bonds is 5. The molecular weight excluding hydrogens is 378 g/mol. The average molecular weight is 400 g/mol. The third-order valence-corrected chi connectivity index (χ3v) is 6.11.